The van der Waals surface area contributed by atoms with Crippen LogP contribution in [0, 0.1) is 0 Å². The number of rotatable bonds is 21. The molecule has 0 saturated heterocycles. The van der Waals surface area contributed by atoms with Crippen molar-refractivity contribution in [1.82, 2.24) is 9.55 Å². The summed E-state index contributed by atoms with van der Waals surface area (Å²) in [5, 5.41) is 42.2. The highest BCUT2D eigenvalue weighted by Gasteiger charge is 2.45. The van der Waals surface area contributed by atoms with E-state index in [1.807, 2.05) is 6.92 Å². The summed E-state index contributed by atoms with van der Waals surface area (Å²) in [6, 6.07) is 15.9. The maximum atomic E-state index is 13.6. The van der Waals surface area contributed by atoms with Gasteiger partial charge >= 0.3 is 12.1 Å². The molecule has 0 saturated carbocycles. The number of hydrogen-bond donors (Lipinski definition) is 4. The molecule has 16 nitrogen and oxygen atoms in total. The number of ketones is 1. The molecular weight excluding hydrogens is 869 g/mol. The van der Waals surface area contributed by atoms with E-state index < -0.39 is 29.3 Å². The molecule has 4 heterocycles. The standard InChI is InChI=1S/C46H48N2O14S2/c1-3-30-31-23-29(10-11-35(31)47-41-32(30)25-48-36(41)24-34-33(43(48)53)26-61-44(54)46(34,56)4-2)62-45(55)60-20-22-64-63-21-19-58-16-15-57-17-18-59-39-14-13-38(51)40(42(39)52)37(50)12-7-27-5-8-28(49)9-6-27/h5-6,8-11,13-14,23-24,49,51-52,56H,3-4,7,12,15-22,25-26H2,1-2H3/t46-/m0/s1. The number of phenolic OH excluding ortho intramolecular Hbond substituents is 3. The van der Waals surface area contributed by atoms with Crippen LogP contribution in [0.2, 0.25) is 0 Å². The Kier molecular flexibility index (Phi) is 15.0. The molecule has 3 aromatic carbocycles. The predicted octanol–water partition coefficient (Wildman–Crippen LogP) is 6.58. The van der Waals surface area contributed by atoms with E-state index in [4.69, 9.17) is 33.4 Å². The van der Waals surface area contributed by atoms with E-state index in [9.17, 15) is 39.6 Å². The van der Waals surface area contributed by atoms with Gasteiger partial charge in [0, 0.05) is 34.4 Å². The van der Waals surface area contributed by atoms with Crippen LogP contribution in [0.5, 0.6) is 28.7 Å². The molecule has 2 aliphatic rings. The first-order chi connectivity index (χ1) is 30.9. The Morgan fingerprint density at radius 3 is 2.36 bits per heavy atom. The smallest absolute Gasteiger partial charge is 0.508 e. The number of cyclic esters (lactones) is 1. The second-order valence-electron chi connectivity index (χ2n) is 14.9. The van der Waals surface area contributed by atoms with E-state index in [1.54, 1.807) is 58.7 Å². The Bertz CT molecular complexity index is 2600. The summed E-state index contributed by atoms with van der Waals surface area (Å²) in [7, 11) is 3.09. The van der Waals surface area contributed by atoms with Gasteiger partial charge in [-0.2, -0.15) is 0 Å². The minimum atomic E-state index is -1.91. The van der Waals surface area contributed by atoms with Gasteiger partial charge in [0.2, 0.25) is 0 Å². The molecule has 0 unspecified atom stereocenters. The number of carbonyl (C=O) groups is 3. The Balaban J connectivity index is 0.774. The number of phenols is 3. The zero-order chi connectivity index (χ0) is 45.4. The van der Waals surface area contributed by atoms with Crippen molar-refractivity contribution >= 4 is 50.4 Å². The third-order valence-corrected chi connectivity index (χ3v) is 13.3. The number of benzene rings is 3. The highest BCUT2D eigenvalue weighted by molar-refractivity contribution is 8.76. The highest BCUT2D eigenvalue weighted by atomic mass is 33.1. The molecule has 2 aliphatic heterocycles. The molecule has 0 aliphatic carbocycles. The fourth-order valence-electron chi connectivity index (χ4n) is 7.63. The lowest BCUT2D eigenvalue weighted by Crippen LogP contribution is -2.44. The largest absolute Gasteiger partial charge is 0.513 e. The van der Waals surface area contributed by atoms with Crippen molar-refractivity contribution in [2.75, 3.05) is 51.1 Å². The maximum Gasteiger partial charge on any atom is 0.513 e. The number of aliphatic hydroxyl groups is 1. The fraction of sp³-hybridized carbons (Fsp3) is 0.370. The summed E-state index contributed by atoms with van der Waals surface area (Å²) >= 11 is 0. The van der Waals surface area contributed by atoms with E-state index >= 15 is 0 Å². The molecule has 2 aromatic heterocycles. The number of aromatic hydroxyl groups is 3. The molecule has 0 spiro atoms. The predicted molar refractivity (Wildman–Crippen MR) is 238 cm³/mol. The lowest BCUT2D eigenvalue weighted by Gasteiger charge is -2.31. The Labute approximate surface area is 375 Å². The number of hydrogen-bond acceptors (Lipinski definition) is 17. The van der Waals surface area contributed by atoms with E-state index in [0.29, 0.717) is 61.1 Å². The minimum Gasteiger partial charge on any atom is -0.508 e. The number of ether oxygens (including phenoxy) is 6. The molecular formula is C46H48N2O14S2. The summed E-state index contributed by atoms with van der Waals surface area (Å²) in [4.78, 5) is 56.4. The van der Waals surface area contributed by atoms with Gasteiger partial charge in [0.1, 0.15) is 42.6 Å². The minimum absolute atomic E-state index is 0.0428. The van der Waals surface area contributed by atoms with E-state index in [-0.39, 0.29) is 91.1 Å². The quantitative estimate of drug-likeness (QED) is 0.0197. The summed E-state index contributed by atoms with van der Waals surface area (Å²) in [6.07, 6.45) is 0.231. The maximum absolute atomic E-state index is 13.6. The zero-order valence-electron chi connectivity index (χ0n) is 35.3. The SMILES string of the molecule is CCc1c2c(nc3ccc(OC(=O)OCCSSCCOCCOCCOc4ccc(O)c(C(=O)CCc5ccc(O)cc5)c4O)cc13)-c1cc3c(c(=O)n1C2)COC(=O)[C@]3(O)CC. The van der Waals surface area contributed by atoms with E-state index in [2.05, 4.69) is 0 Å². The van der Waals surface area contributed by atoms with Gasteiger partial charge in [0.15, 0.2) is 22.9 Å². The van der Waals surface area contributed by atoms with Crippen molar-refractivity contribution in [1.29, 1.82) is 0 Å². The topological polar surface area (TPSA) is 222 Å². The molecule has 64 heavy (non-hydrogen) atoms. The van der Waals surface area contributed by atoms with Gasteiger partial charge in [-0.15, -0.1) is 0 Å². The number of Topliss-reactive ketones (excluding diaryl/α,β-unsaturated/α-hetero) is 1. The van der Waals surface area contributed by atoms with E-state index in [1.165, 1.54) is 35.1 Å². The number of pyridine rings is 2. The summed E-state index contributed by atoms with van der Waals surface area (Å²) in [5.74, 6) is -0.311. The average molecular weight is 917 g/mol. The lowest BCUT2D eigenvalue weighted by molar-refractivity contribution is -0.172. The van der Waals surface area contributed by atoms with Gasteiger partial charge in [0.25, 0.3) is 5.56 Å². The molecule has 0 amide bonds. The Hall–Kier alpha value is -5.79. The van der Waals surface area contributed by atoms with Crippen LogP contribution >= 0.6 is 21.6 Å². The third kappa shape index (κ3) is 10.1. The number of fused-ring (bicyclic) bond motifs is 5. The number of nitrogens with zero attached hydrogens (tertiary/aromatic N) is 2. The van der Waals surface area contributed by atoms with Crippen LogP contribution in [0.3, 0.4) is 0 Å². The molecule has 18 heteroatoms. The average Bonchev–Trinajstić information content (AvgIpc) is 3.65. The van der Waals surface area contributed by atoms with Gasteiger partial charge < -0.3 is 53.4 Å². The fourth-order valence-corrected chi connectivity index (χ4v) is 9.32. The molecule has 1 atom stereocenters. The van der Waals surface area contributed by atoms with Crippen molar-refractivity contribution in [3.8, 4) is 40.1 Å². The summed E-state index contributed by atoms with van der Waals surface area (Å²) in [5.41, 5.74) is 2.43. The second kappa shape index (κ2) is 20.8. The highest BCUT2D eigenvalue weighted by Crippen LogP contribution is 2.41. The summed E-state index contributed by atoms with van der Waals surface area (Å²) in [6.45, 7) is 5.30. The van der Waals surface area contributed by atoms with Gasteiger partial charge in [0.05, 0.1) is 55.4 Å². The van der Waals surface area contributed by atoms with Crippen molar-refractivity contribution in [3.05, 3.63) is 104 Å². The monoisotopic (exact) mass is 916 g/mol. The first-order valence-corrected chi connectivity index (χ1v) is 23.3. The van der Waals surface area contributed by atoms with Gasteiger partial charge in [-0.25, -0.2) is 14.6 Å². The van der Waals surface area contributed by atoms with Crippen molar-refractivity contribution in [2.45, 2.75) is 58.3 Å². The summed E-state index contributed by atoms with van der Waals surface area (Å²) < 4.78 is 34.3. The van der Waals surface area contributed by atoms with E-state index in [0.717, 1.165) is 22.1 Å². The molecule has 0 radical (unpaired) electrons. The molecule has 0 bridgehead atoms. The second-order valence-corrected chi connectivity index (χ2v) is 17.6. The van der Waals surface area contributed by atoms with Crippen LogP contribution in [-0.2, 0) is 55.3 Å². The number of aromatic nitrogens is 2. The molecule has 5 aromatic rings. The number of carbonyl (C=O) groups excluding carboxylic acids is 3. The Morgan fingerprint density at radius 2 is 1.61 bits per heavy atom. The first-order valence-electron chi connectivity index (χ1n) is 20.8. The van der Waals surface area contributed by atoms with Crippen molar-refractivity contribution < 1.29 is 63.2 Å². The van der Waals surface area contributed by atoms with Gasteiger partial charge in [-0.3, -0.25) is 9.59 Å². The third-order valence-electron chi connectivity index (χ3n) is 10.9. The first kappa shape index (κ1) is 46.2. The van der Waals surface area contributed by atoms with Gasteiger partial charge in [-0.1, -0.05) is 47.6 Å². The molecule has 7 rings (SSSR count). The zero-order valence-corrected chi connectivity index (χ0v) is 36.9. The normalized spacial score (nSPS) is 15.0. The number of aryl methyl sites for hydroxylation is 2. The van der Waals surface area contributed by atoms with Crippen LogP contribution in [0.4, 0.5) is 4.79 Å². The van der Waals surface area contributed by atoms with Crippen LogP contribution in [-0.4, -0.2) is 99.0 Å². The van der Waals surface area contributed by atoms with Crippen LogP contribution in [0.25, 0.3) is 22.3 Å². The van der Waals surface area contributed by atoms with Crippen LogP contribution in [0.15, 0.2) is 65.5 Å². The van der Waals surface area contributed by atoms with Crippen LogP contribution < -0.4 is 15.0 Å². The molecule has 4 N–H and O–H groups in total. The van der Waals surface area contributed by atoms with Crippen molar-refractivity contribution in [3.63, 3.8) is 0 Å². The van der Waals surface area contributed by atoms with Crippen LogP contribution in [0.1, 0.15) is 64.9 Å². The van der Waals surface area contributed by atoms with Gasteiger partial charge in [-0.05, 0) is 78.9 Å². The molecule has 0 fully saturated rings. The molecule has 338 valence electrons. The lowest BCUT2D eigenvalue weighted by atomic mass is 9.86. The number of esters is 1. The Morgan fingerprint density at radius 1 is 0.875 bits per heavy atom. The van der Waals surface area contributed by atoms with Crippen molar-refractivity contribution in [2.24, 2.45) is 0 Å².